The molecule has 2 fully saturated rings. The highest BCUT2D eigenvalue weighted by Crippen LogP contribution is 2.50. The van der Waals surface area contributed by atoms with Crippen LogP contribution in [0.3, 0.4) is 0 Å². The summed E-state index contributed by atoms with van der Waals surface area (Å²) in [4.78, 5) is 45.3. The molecule has 0 spiro atoms. The van der Waals surface area contributed by atoms with Crippen LogP contribution in [-0.4, -0.2) is 125 Å². The molecular formula is C19H24N10O13P2. The zero-order valence-electron chi connectivity index (χ0n) is 21.9. The largest absolute Gasteiger partial charge is 0.472 e. The highest BCUT2D eigenvalue weighted by molar-refractivity contribution is 7.47. The molecule has 1 unspecified atom stereocenters. The van der Waals surface area contributed by atoms with Gasteiger partial charge in [-0.2, -0.15) is 0 Å². The van der Waals surface area contributed by atoms with Crippen LogP contribution in [0.4, 0.5) is 5.82 Å². The van der Waals surface area contributed by atoms with E-state index in [4.69, 9.17) is 33.7 Å². The zero-order chi connectivity index (χ0) is 31.8. The second-order valence-corrected chi connectivity index (χ2v) is 10.8. The van der Waals surface area contributed by atoms with Gasteiger partial charge in [0.05, 0.1) is 25.9 Å². The molecule has 9 N–H and O–H groups in total. The number of fused-ring (bicyclic) bond motifs is 2. The number of imidazole rings is 2. The minimum absolute atomic E-state index is 0.0403. The van der Waals surface area contributed by atoms with Crippen molar-refractivity contribution in [2.45, 2.75) is 49.1 Å². The molecule has 2 aliphatic heterocycles. The Labute approximate surface area is 244 Å². The van der Waals surface area contributed by atoms with E-state index >= 15 is 0 Å². The van der Waals surface area contributed by atoms with Crippen LogP contribution in [0, 0.1) is 0 Å². The summed E-state index contributed by atoms with van der Waals surface area (Å²) in [7, 11) is -5.86. The molecule has 238 valence electrons. The lowest BCUT2D eigenvalue weighted by Crippen LogP contribution is -2.36. The number of ether oxygens (including phenoxy) is 2. The number of anilines is 1. The summed E-state index contributed by atoms with van der Waals surface area (Å²) in [5.41, 5.74) is 5.40. The molecule has 9 atom stereocenters. The van der Waals surface area contributed by atoms with Crippen LogP contribution < -0.4 is 11.3 Å². The number of aliphatic hydroxyl groups excluding tert-OH is 4. The average Bonchev–Trinajstić information content (AvgIpc) is 3.75. The second kappa shape index (κ2) is 12.9. The summed E-state index contributed by atoms with van der Waals surface area (Å²) < 4.78 is 45.4. The van der Waals surface area contributed by atoms with Gasteiger partial charge in [0.1, 0.15) is 48.5 Å². The zero-order valence-corrected chi connectivity index (χ0v) is 23.6. The molecule has 0 aromatic carbocycles. The predicted molar refractivity (Wildman–Crippen MR) is 139 cm³/mol. The van der Waals surface area contributed by atoms with Gasteiger partial charge in [-0.1, -0.05) is 5.21 Å². The van der Waals surface area contributed by atoms with E-state index < -0.39 is 84.4 Å². The first-order valence-corrected chi connectivity index (χ1v) is 14.6. The molecule has 0 amide bonds. The van der Waals surface area contributed by atoms with Gasteiger partial charge < -0.3 is 45.4 Å². The van der Waals surface area contributed by atoms with Gasteiger partial charge in [0, 0.05) is 0 Å². The Hall–Kier alpha value is -3.44. The molecule has 0 bridgehead atoms. The van der Waals surface area contributed by atoms with E-state index in [-0.39, 0.29) is 28.1 Å². The fourth-order valence-electron chi connectivity index (χ4n) is 4.68. The number of phosphoric acid groups is 1. The van der Waals surface area contributed by atoms with Gasteiger partial charge in [0.15, 0.2) is 35.1 Å². The van der Waals surface area contributed by atoms with Gasteiger partial charge in [-0.25, -0.2) is 34.2 Å². The first-order valence-electron chi connectivity index (χ1n) is 12.3. The average molecular weight is 662 g/mol. The van der Waals surface area contributed by atoms with Gasteiger partial charge in [-0.15, -0.1) is 5.10 Å². The van der Waals surface area contributed by atoms with E-state index in [9.17, 15) is 34.7 Å². The normalized spacial score (nSPS) is 30.0. The van der Waals surface area contributed by atoms with Crippen LogP contribution in [0.25, 0.3) is 22.3 Å². The number of aromatic amines is 1. The van der Waals surface area contributed by atoms with E-state index in [0.29, 0.717) is 0 Å². The maximum Gasteiger partial charge on any atom is 0.472 e. The number of hydrogen-bond acceptors (Lipinski definition) is 18. The summed E-state index contributed by atoms with van der Waals surface area (Å²) in [5, 5.41) is 50.7. The van der Waals surface area contributed by atoms with Crippen molar-refractivity contribution in [3.05, 3.63) is 29.3 Å². The van der Waals surface area contributed by atoms with Crippen LogP contribution in [0.2, 0.25) is 0 Å². The molecule has 25 heteroatoms. The van der Waals surface area contributed by atoms with Crippen molar-refractivity contribution in [2.75, 3.05) is 18.9 Å². The van der Waals surface area contributed by atoms with Gasteiger partial charge in [-0.3, -0.25) is 23.0 Å². The summed E-state index contributed by atoms with van der Waals surface area (Å²) in [6.07, 6.45) is -7.97. The summed E-state index contributed by atoms with van der Waals surface area (Å²) in [6, 6.07) is 0. The van der Waals surface area contributed by atoms with Crippen LogP contribution in [-0.2, 0) is 27.7 Å². The van der Waals surface area contributed by atoms with E-state index in [2.05, 4.69) is 35.3 Å². The molecular weight excluding hydrogens is 638 g/mol. The monoisotopic (exact) mass is 662 g/mol. The number of nitrogens with two attached hydrogens (primary N) is 1. The lowest BCUT2D eigenvalue weighted by molar-refractivity contribution is -0.0616. The van der Waals surface area contributed by atoms with E-state index in [1.165, 1.54) is 10.9 Å². The Morgan fingerprint density at radius 1 is 1.00 bits per heavy atom. The number of H-pyrrole nitrogens is 1. The summed E-state index contributed by atoms with van der Waals surface area (Å²) in [6.45, 7) is -1.41. The van der Waals surface area contributed by atoms with Crippen molar-refractivity contribution in [3.63, 3.8) is 0 Å². The number of nitrogens with one attached hydrogen (secondary N) is 1. The van der Waals surface area contributed by atoms with Crippen molar-refractivity contribution < 1.29 is 57.9 Å². The number of nitrogen functional groups attached to an aromatic ring is 1. The van der Waals surface area contributed by atoms with Crippen LogP contribution in [0.15, 0.2) is 23.8 Å². The van der Waals surface area contributed by atoms with Gasteiger partial charge in [-0.05, 0) is 0 Å². The van der Waals surface area contributed by atoms with Gasteiger partial charge in [0.2, 0.25) is 0 Å². The van der Waals surface area contributed by atoms with Gasteiger partial charge in [0.25, 0.3) is 5.56 Å². The van der Waals surface area contributed by atoms with Crippen molar-refractivity contribution in [2.24, 2.45) is 0 Å². The first-order chi connectivity index (χ1) is 21.0. The molecule has 6 rings (SSSR count). The molecule has 0 aliphatic carbocycles. The van der Waals surface area contributed by atoms with Gasteiger partial charge >= 0.3 is 16.5 Å². The Kier molecular flexibility index (Phi) is 9.36. The number of rotatable bonds is 8. The second-order valence-electron chi connectivity index (χ2n) is 9.25. The Morgan fingerprint density at radius 3 is 2.36 bits per heavy atom. The molecule has 2 aliphatic rings. The Morgan fingerprint density at radius 2 is 1.66 bits per heavy atom. The third-order valence-electron chi connectivity index (χ3n) is 6.70. The minimum Gasteiger partial charge on any atom is -0.394 e. The molecule has 2 saturated heterocycles. The predicted octanol–water partition coefficient (Wildman–Crippen LogP) is -3.51. The fraction of sp³-hybridized carbons (Fsp3) is 0.526. The SMILES string of the molecule is Nc1ncnc2c1ncn2[C@@H]1O[C@H](CO)[C@@H](O)[C@H]1OP(=O)(O)OC[C@H]1O[C@@H](n2cnc3c(=O)[nH]nnc32)[C@H](O)[C@@H]1O.O=PO. The molecule has 4 aromatic rings. The number of nitrogens with zero attached hydrogens (tertiary/aromatic N) is 8. The molecule has 23 nitrogen and oxygen atoms in total. The lowest BCUT2D eigenvalue weighted by Gasteiger charge is -2.24. The number of phosphoric ester groups is 1. The highest BCUT2D eigenvalue weighted by Gasteiger charge is 2.50. The molecule has 0 saturated carbocycles. The van der Waals surface area contributed by atoms with Crippen LogP contribution >= 0.6 is 16.5 Å². The third-order valence-corrected chi connectivity index (χ3v) is 7.69. The highest BCUT2D eigenvalue weighted by atomic mass is 31.2. The quantitative estimate of drug-likeness (QED) is 0.0848. The maximum atomic E-state index is 13.0. The Bertz CT molecular complexity index is 1740. The lowest BCUT2D eigenvalue weighted by atomic mass is 10.1. The number of aliphatic hydroxyl groups is 4. The van der Waals surface area contributed by atoms with Crippen molar-refractivity contribution >= 4 is 44.7 Å². The van der Waals surface area contributed by atoms with Crippen LogP contribution in [0.1, 0.15) is 12.5 Å². The first kappa shape index (κ1) is 32.0. The molecule has 0 radical (unpaired) electrons. The number of aromatic nitrogens is 9. The smallest absolute Gasteiger partial charge is 0.394 e. The van der Waals surface area contributed by atoms with Crippen molar-refractivity contribution in [3.8, 4) is 0 Å². The molecule has 6 heterocycles. The molecule has 44 heavy (non-hydrogen) atoms. The third kappa shape index (κ3) is 5.96. The minimum atomic E-state index is -5.02. The number of hydrogen-bond donors (Lipinski definition) is 8. The summed E-state index contributed by atoms with van der Waals surface area (Å²) in [5.74, 6) is 0.0535. The van der Waals surface area contributed by atoms with E-state index in [1.807, 2.05) is 0 Å². The van der Waals surface area contributed by atoms with Crippen molar-refractivity contribution in [1.29, 1.82) is 0 Å². The van der Waals surface area contributed by atoms with E-state index in [0.717, 1.165) is 17.2 Å². The summed E-state index contributed by atoms with van der Waals surface area (Å²) >= 11 is 0. The van der Waals surface area contributed by atoms with Crippen LogP contribution in [0.5, 0.6) is 0 Å². The van der Waals surface area contributed by atoms with E-state index in [1.54, 1.807) is 0 Å². The molecule has 4 aromatic heterocycles. The Balaban J connectivity index is 0.00000123. The fourth-order valence-corrected chi connectivity index (χ4v) is 5.61. The van der Waals surface area contributed by atoms with Crippen molar-refractivity contribution in [1.82, 2.24) is 44.5 Å². The standard InChI is InChI=1S/C19H23N10O11P.HO2P/c20-14-8-15(22-3-21-14)28(4-23-8)19-13(11(32)6(1-30)38-19)40-41(35,36)37-2-7-10(31)12(33)18(39-7)29-5-24-9-16(29)25-27-26-17(9)34;1-3-2/h3-7,10-13,18-19,30-33H,1-2H2,(H,35,36)(H2,20,21,22)(H,25,26,34);(H,1,2)/t6-,7-,10-,11-,12-,13-,18-,19-;/m1./s1. The topological polar surface area (TPSA) is 339 Å². The maximum absolute atomic E-state index is 13.0.